The van der Waals surface area contributed by atoms with Gasteiger partial charge in [0.2, 0.25) is 5.91 Å². The molecule has 0 saturated carbocycles. The van der Waals surface area contributed by atoms with Gasteiger partial charge in [-0.1, -0.05) is 24.3 Å². The van der Waals surface area contributed by atoms with E-state index in [0.717, 1.165) is 17.9 Å². The van der Waals surface area contributed by atoms with Gasteiger partial charge in [-0.2, -0.15) is 0 Å². The van der Waals surface area contributed by atoms with Crippen LogP contribution >= 0.6 is 0 Å². The summed E-state index contributed by atoms with van der Waals surface area (Å²) >= 11 is 0. The molecule has 0 spiro atoms. The number of rotatable bonds is 8. The van der Waals surface area contributed by atoms with E-state index < -0.39 is 0 Å². The van der Waals surface area contributed by atoms with Crippen molar-refractivity contribution >= 4 is 5.91 Å². The van der Waals surface area contributed by atoms with Crippen LogP contribution in [0, 0.1) is 0 Å². The molecule has 2 heterocycles. The monoisotopic (exact) mass is 356 g/mol. The average molecular weight is 356 g/mol. The number of amides is 1. The van der Waals surface area contributed by atoms with Gasteiger partial charge in [-0.25, -0.2) is 0 Å². The van der Waals surface area contributed by atoms with Crippen LogP contribution in [0.4, 0.5) is 0 Å². The minimum atomic E-state index is -0.156. The van der Waals surface area contributed by atoms with Crippen molar-refractivity contribution < 1.29 is 19.0 Å². The number of aromatic nitrogens is 1. The number of carbonyl (C=O) groups is 1. The molecule has 0 unspecified atom stereocenters. The van der Waals surface area contributed by atoms with Crippen molar-refractivity contribution in [3.8, 4) is 5.75 Å². The van der Waals surface area contributed by atoms with Crippen molar-refractivity contribution in [2.24, 2.45) is 0 Å². The molecule has 3 rings (SSSR count). The maximum absolute atomic E-state index is 12.2. The minimum Gasteiger partial charge on any atom is -0.493 e. The Kier molecular flexibility index (Phi) is 6.98. The molecule has 1 aromatic heterocycles. The van der Waals surface area contributed by atoms with Crippen molar-refractivity contribution in [3.05, 3.63) is 60.4 Å². The van der Waals surface area contributed by atoms with E-state index in [4.69, 9.17) is 14.2 Å². The number of nitrogens with zero attached hydrogens (tertiary/aromatic N) is 1. The number of para-hydroxylation sites is 1. The van der Waals surface area contributed by atoms with E-state index in [1.165, 1.54) is 0 Å². The SMILES string of the molecule is O=C(CCOc1ccccc1)N[C@@H]1COCC[C@H]1OCc1ccccn1. The third-order valence-electron chi connectivity index (χ3n) is 4.15. The average Bonchev–Trinajstić information content (AvgIpc) is 2.69. The van der Waals surface area contributed by atoms with E-state index in [-0.39, 0.29) is 18.1 Å². The Hall–Kier alpha value is -2.44. The van der Waals surface area contributed by atoms with Crippen LogP contribution in [-0.4, -0.2) is 42.9 Å². The molecule has 2 aromatic rings. The normalized spacial score (nSPS) is 19.7. The zero-order valence-electron chi connectivity index (χ0n) is 14.7. The first kappa shape index (κ1) is 18.4. The van der Waals surface area contributed by atoms with Crippen LogP contribution in [0.1, 0.15) is 18.5 Å². The summed E-state index contributed by atoms with van der Waals surface area (Å²) in [7, 11) is 0. The van der Waals surface area contributed by atoms with Gasteiger partial charge in [0.25, 0.3) is 0 Å². The van der Waals surface area contributed by atoms with Gasteiger partial charge >= 0.3 is 0 Å². The molecule has 1 saturated heterocycles. The van der Waals surface area contributed by atoms with Crippen LogP contribution in [0.15, 0.2) is 54.7 Å². The number of ether oxygens (including phenoxy) is 3. The third kappa shape index (κ3) is 5.82. The molecule has 1 aliphatic heterocycles. The minimum absolute atomic E-state index is 0.0668. The van der Waals surface area contributed by atoms with E-state index in [1.807, 2.05) is 48.5 Å². The molecule has 0 bridgehead atoms. The smallest absolute Gasteiger partial charge is 0.223 e. The number of pyridine rings is 1. The molecular formula is C20H24N2O4. The summed E-state index contributed by atoms with van der Waals surface area (Å²) in [6.45, 7) is 1.85. The van der Waals surface area contributed by atoms with Gasteiger partial charge < -0.3 is 19.5 Å². The van der Waals surface area contributed by atoms with E-state index >= 15 is 0 Å². The first-order valence-corrected chi connectivity index (χ1v) is 8.88. The van der Waals surface area contributed by atoms with Gasteiger partial charge in [0, 0.05) is 12.8 Å². The lowest BCUT2D eigenvalue weighted by molar-refractivity contribution is -0.127. The molecule has 1 fully saturated rings. The van der Waals surface area contributed by atoms with Crippen molar-refractivity contribution in [2.75, 3.05) is 19.8 Å². The van der Waals surface area contributed by atoms with E-state index in [9.17, 15) is 4.79 Å². The molecule has 1 aliphatic rings. The molecule has 0 radical (unpaired) electrons. The molecule has 1 N–H and O–H groups in total. The summed E-state index contributed by atoms with van der Waals surface area (Å²) < 4.78 is 17.0. The van der Waals surface area contributed by atoms with Crippen LogP contribution in [0.5, 0.6) is 5.75 Å². The van der Waals surface area contributed by atoms with Gasteiger partial charge in [0.15, 0.2) is 0 Å². The fourth-order valence-electron chi connectivity index (χ4n) is 2.79. The maximum atomic E-state index is 12.2. The highest BCUT2D eigenvalue weighted by molar-refractivity contribution is 5.76. The Bertz CT molecular complexity index is 666. The first-order valence-electron chi connectivity index (χ1n) is 8.88. The molecule has 1 amide bonds. The second kappa shape index (κ2) is 9.89. The van der Waals surface area contributed by atoms with E-state index in [2.05, 4.69) is 10.3 Å². The van der Waals surface area contributed by atoms with Gasteiger partial charge in [0.1, 0.15) is 5.75 Å². The highest BCUT2D eigenvalue weighted by Gasteiger charge is 2.28. The van der Waals surface area contributed by atoms with E-state index in [0.29, 0.717) is 32.8 Å². The van der Waals surface area contributed by atoms with Gasteiger partial charge in [-0.15, -0.1) is 0 Å². The van der Waals surface area contributed by atoms with Crippen molar-refractivity contribution in [1.82, 2.24) is 10.3 Å². The summed E-state index contributed by atoms with van der Waals surface area (Å²) in [5.41, 5.74) is 0.875. The lowest BCUT2D eigenvalue weighted by atomic mass is 10.1. The largest absolute Gasteiger partial charge is 0.493 e. The van der Waals surface area contributed by atoms with Crippen LogP contribution < -0.4 is 10.1 Å². The lowest BCUT2D eigenvalue weighted by Gasteiger charge is -2.32. The Balaban J connectivity index is 1.42. The standard InChI is InChI=1S/C20H24N2O4/c23-20(10-13-25-17-7-2-1-3-8-17)22-18-15-24-12-9-19(18)26-14-16-6-4-5-11-21-16/h1-8,11,18-19H,9-10,12-15H2,(H,22,23)/t18-,19-/m1/s1. The molecule has 1 aromatic carbocycles. The molecule has 0 aliphatic carbocycles. The number of carbonyl (C=O) groups excluding carboxylic acids is 1. The Morgan fingerprint density at radius 2 is 2.04 bits per heavy atom. The summed E-state index contributed by atoms with van der Waals surface area (Å²) in [4.78, 5) is 16.5. The van der Waals surface area contributed by atoms with Gasteiger partial charge in [-0.3, -0.25) is 9.78 Å². The highest BCUT2D eigenvalue weighted by Crippen LogP contribution is 2.14. The zero-order valence-corrected chi connectivity index (χ0v) is 14.7. The number of hydrogen-bond donors (Lipinski definition) is 1. The topological polar surface area (TPSA) is 69.7 Å². The molecular weight excluding hydrogens is 332 g/mol. The lowest BCUT2D eigenvalue weighted by Crippen LogP contribution is -2.50. The van der Waals surface area contributed by atoms with Crippen LogP contribution in [0.2, 0.25) is 0 Å². The molecule has 2 atom stereocenters. The summed E-state index contributed by atoms with van der Waals surface area (Å²) in [5.74, 6) is 0.695. The molecule has 6 nitrogen and oxygen atoms in total. The van der Waals surface area contributed by atoms with Crippen LogP contribution in [0.25, 0.3) is 0 Å². The fraction of sp³-hybridized carbons (Fsp3) is 0.400. The second-order valence-corrected chi connectivity index (χ2v) is 6.12. The molecule has 26 heavy (non-hydrogen) atoms. The Morgan fingerprint density at radius 1 is 1.19 bits per heavy atom. The first-order chi connectivity index (χ1) is 12.8. The quantitative estimate of drug-likeness (QED) is 0.786. The van der Waals surface area contributed by atoms with Crippen molar-refractivity contribution in [2.45, 2.75) is 31.6 Å². The third-order valence-corrected chi connectivity index (χ3v) is 4.15. The van der Waals surface area contributed by atoms with Crippen LogP contribution in [-0.2, 0) is 20.9 Å². The highest BCUT2D eigenvalue weighted by atomic mass is 16.5. The summed E-state index contributed by atoms with van der Waals surface area (Å²) in [6.07, 6.45) is 2.70. The predicted octanol–water partition coefficient (Wildman–Crippen LogP) is 2.34. The maximum Gasteiger partial charge on any atom is 0.223 e. The van der Waals surface area contributed by atoms with Crippen molar-refractivity contribution in [1.29, 1.82) is 0 Å². The Labute approximate surface area is 153 Å². The van der Waals surface area contributed by atoms with E-state index in [1.54, 1.807) is 6.20 Å². The second-order valence-electron chi connectivity index (χ2n) is 6.12. The fourth-order valence-corrected chi connectivity index (χ4v) is 2.79. The van der Waals surface area contributed by atoms with Crippen LogP contribution in [0.3, 0.4) is 0 Å². The number of nitrogens with one attached hydrogen (secondary N) is 1. The van der Waals surface area contributed by atoms with Gasteiger partial charge in [0.05, 0.1) is 44.1 Å². The number of hydrogen-bond acceptors (Lipinski definition) is 5. The zero-order chi connectivity index (χ0) is 18.0. The summed E-state index contributed by atoms with van der Waals surface area (Å²) in [5, 5.41) is 3.00. The molecule has 6 heteroatoms. The van der Waals surface area contributed by atoms with Gasteiger partial charge in [-0.05, 0) is 30.7 Å². The molecule has 138 valence electrons. The van der Waals surface area contributed by atoms with Crippen molar-refractivity contribution in [3.63, 3.8) is 0 Å². The Morgan fingerprint density at radius 3 is 2.85 bits per heavy atom. The predicted molar refractivity (Wildman–Crippen MR) is 96.7 cm³/mol. The number of benzene rings is 1. The summed E-state index contributed by atoms with van der Waals surface area (Å²) in [6, 6.07) is 15.0.